The molecule has 0 aliphatic carbocycles. The highest BCUT2D eigenvalue weighted by atomic mass is 79.9. The highest BCUT2D eigenvalue weighted by Crippen LogP contribution is 2.37. The Morgan fingerprint density at radius 3 is 2.50 bits per heavy atom. The Bertz CT molecular complexity index is 1360. The first-order valence-corrected chi connectivity index (χ1v) is 12.9. The van der Waals surface area contributed by atoms with Crippen LogP contribution in [0.5, 0.6) is 11.5 Å². The number of hydrogen-bond acceptors (Lipinski definition) is 8. The maximum absolute atomic E-state index is 13.9. The van der Waals surface area contributed by atoms with Crippen LogP contribution in [0.3, 0.4) is 0 Å². The molecule has 1 aromatic heterocycles. The van der Waals surface area contributed by atoms with E-state index < -0.39 is 12.0 Å². The lowest BCUT2D eigenvalue weighted by Gasteiger charge is -2.30. The fourth-order valence-electron chi connectivity index (χ4n) is 4.10. The molecule has 2 aromatic carbocycles. The number of nitrogens with zero attached hydrogens (tertiary/aromatic N) is 3. The zero-order valence-electron chi connectivity index (χ0n) is 22.2. The number of fused-ring (bicyclic) bond motifs is 1. The van der Waals surface area contributed by atoms with Gasteiger partial charge in [0.05, 0.1) is 61.0 Å². The number of carbonyl (C=O) groups excluding carboxylic acids is 2. The van der Waals surface area contributed by atoms with Crippen LogP contribution in [-0.4, -0.2) is 67.4 Å². The first-order valence-electron chi connectivity index (χ1n) is 12.1. The highest BCUT2D eigenvalue weighted by molar-refractivity contribution is 9.10. The van der Waals surface area contributed by atoms with Gasteiger partial charge >= 0.3 is 5.97 Å². The van der Waals surface area contributed by atoms with Crippen molar-refractivity contribution in [3.05, 3.63) is 57.0 Å². The van der Waals surface area contributed by atoms with E-state index in [9.17, 15) is 14.4 Å². The van der Waals surface area contributed by atoms with Crippen molar-refractivity contribution in [2.24, 2.45) is 0 Å². The Morgan fingerprint density at radius 1 is 1.11 bits per heavy atom. The molecule has 204 valence electrons. The minimum Gasteiger partial charge on any atom is -0.497 e. The zero-order valence-corrected chi connectivity index (χ0v) is 23.7. The summed E-state index contributed by atoms with van der Waals surface area (Å²) in [5, 5.41) is 0.411. The van der Waals surface area contributed by atoms with Crippen molar-refractivity contribution in [2.45, 2.75) is 32.7 Å². The molecular formula is C27H32BrN3O7. The van der Waals surface area contributed by atoms with Gasteiger partial charge in [-0.05, 0) is 41.9 Å². The van der Waals surface area contributed by atoms with Crippen LogP contribution in [0.1, 0.15) is 38.6 Å². The second-order valence-electron chi connectivity index (χ2n) is 8.35. The molecule has 0 aliphatic rings. The third kappa shape index (κ3) is 6.33. The van der Waals surface area contributed by atoms with E-state index in [2.05, 4.69) is 15.9 Å². The molecule has 0 spiro atoms. The number of rotatable bonds is 12. The van der Waals surface area contributed by atoms with Crippen molar-refractivity contribution in [1.29, 1.82) is 0 Å². The van der Waals surface area contributed by atoms with Gasteiger partial charge in [-0.15, -0.1) is 0 Å². The summed E-state index contributed by atoms with van der Waals surface area (Å²) < 4.78 is 23.2. The molecule has 0 saturated heterocycles. The van der Waals surface area contributed by atoms with Gasteiger partial charge in [0.1, 0.15) is 17.3 Å². The lowest BCUT2D eigenvalue weighted by molar-refractivity contribution is -0.146. The van der Waals surface area contributed by atoms with Crippen LogP contribution in [0, 0.1) is 0 Å². The number of aromatic nitrogens is 2. The number of carbonyl (C=O) groups is 2. The number of esters is 1. The smallest absolute Gasteiger partial charge is 0.306 e. The van der Waals surface area contributed by atoms with Crippen molar-refractivity contribution >= 4 is 38.7 Å². The van der Waals surface area contributed by atoms with Gasteiger partial charge in [0.2, 0.25) is 5.91 Å². The third-order valence-electron chi connectivity index (χ3n) is 6.04. The normalized spacial score (nSPS) is 11.7. The van der Waals surface area contributed by atoms with Gasteiger partial charge in [0, 0.05) is 32.2 Å². The standard InChI is InChI=1S/C27H32BrN3O7/c1-6-38-24(33)12-11-23(32)30(13-14-35-3)17(2)26-29-20-10-8-7-9-19(20)27(34)31(26)21-15-18(36-4)16-22(37-5)25(21)28/h7-10,15-17H,6,11-14H2,1-5H3. The molecule has 3 rings (SSSR count). The SMILES string of the molecule is CCOC(=O)CCC(=O)N(CCOC)C(C)c1nc2ccccc2c(=O)n1-c1cc(OC)cc(OC)c1Br. The van der Waals surface area contributed by atoms with E-state index in [1.165, 1.54) is 25.9 Å². The van der Waals surface area contributed by atoms with Crippen molar-refractivity contribution in [2.75, 3.05) is 41.1 Å². The maximum atomic E-state index is 13.9. The average Bonchev–Trinajstić information content (AvgIpc) is 2.92. The molecule has 11 heteroatoms. The molecule has 1 amide bonds. The number of hydrogen-bond donors (Lipinski definition) is 0. The summed E-state index contributed by atoms with van der Waals surface area (Å²) in [5.41, 5.74) is 0.614. The van der Waals surface area contributed by atoms with Crippen LogP contribution in [0.25, 0.3) is 16.6 Å². The summed E-state index contributed by atoms with van der Waals surface area (Å²) in [7, 11) is 4.57. The fourth-order valence-corrected chi connectivity index (χ4v) is 4.67. The van der Waals surface area contributed by atoms with E-state index >= 15 is 0 Å². The molecule has 0 fully saturated rings. The second kappa shape index (κ2) is 13.4. The van der Waals surface area contributed by atoms with Crippen LogP contribution < -0.4 is 15.0 Å². The van der Waals surface area contributed by atoms with Gasteiger partial charge < -0.3 is 23.8 Å². The molecule has 0 radical (unpaired) electrons. The van der Waals surface area contributed by atoms with Gasteiger partial charge in [-0.2, -0.15) is 0 Å². The second-order valence-corrected chi connectivity index (χ2v) is 9.14. The first-order chi connectivity index (χ1) is 18.3. The van der Waals surface area contributed by atoms with Crippen LogP contribution >= 0.6 is 15.9 Å². The zero-order chi connectivity index (χ0) is 27.8. The Morgan fingerprint density at radius 2 is 1.84 bits per heavy atom. The van der Waals surface area contributed by atoms with Crippen LogP contribution in [0.15, 0.2) is 45.7 Å². The van der Waals surface area contributed by atoms with E-state index in [1.54, 1.807) is 55.1 Å². The van der Waals surface area contributed by atoms with Crippen LogP contribution in [-0.2, 0) is 19.1 Å². The summed E-state index contributed by atoms with van der Waals surface area (Å²) in [5.74, 6) is 0.512. The van der Waals surface area contributed by atoms with E-state index in [-0.39, 0.29) is 44.1 Å². The number of amides is 1. The minimum atomic E-state index is -0.666. The van der Waals surface area contributed by atoms with E-state index in [4.69, 9.17) is 23.9 Å². The Balaban J connectivity index is 2.21. The van der Waals surface area contributed by atoms with Gasteiger partial charge in [-0.25, -0.2) is 4.98 Å². The van der Waals surface area contributed by atoms with Crippen molar-refractivity contribution < 1.29 is 28.5 Å². The Kier molecular flexibility index (Phi) is 10.3. The predicted molar refractivity (Wildman–Crippen MR) is 146 cm³/mol. The maximum Gasteiger partial charge on any atom is 0.306 e. The van der Waals surface area contributed by atoms with Crippen molar-refractivity contribution in [1.82, 2.24) is 14.5 Å². The van der Waals surface area contributed by atoms with E-state index in [1.807, 2.05) is 0 Å². The molecule has 0 bridgehead atoms. The predicted octanol–water partition coefficient (Wildman–Crippen LogP) is 4.04. The summed E-state index contributed by atoms with van der Waals surface area (Å²) in [6.45, 7) is 4.22. The number of methoxy groups -OCH3 is 3. The third-order valence-corrected chi connectivity index (χ3v) is 6.83. The summed E-state index contributed by atoms with van der Waals surface area (Å²) in [6.07, 6.45) is -0.110. The number of benzene rings is 2. The quantitative estimate of drug-likeness (QED) is 0.291. The lowest BCUT2D eigenvalue weighted by Crippen LogP contribution is -2.39. The topological polar surface area (TPSA) is 109 Å². The Labute approximate surface area is 229 Å². The molecule has 1 unspecified atom stereocenters. The fraction of sp³-hybridized carbons (Fsp3) is 0.407. The van der Waals surface area contributed by atoms with Crippen LogP contribution in [0.2, 0.25) is 0 Å². The number of halogens is 1. The monoisotopic (exact) mass is 589 g/mol. The minimum absolute atomic E-state index is 0.0542. The molecular weight excluding hydrogens is 558 g/mol. The van der Waals surface area contributed by atoms with Crippen molar-refractivity contribution in [3.63, 3.8) is 0 Å². The molecule has 1 heterocycles. The summed E-state index contributed by atoms with van der Waals surface area (Å²) in [4.78, 5) is 45.6. The largest absolute Gasteiger partial charge is 0.497 e. The van der Waals surface area contributed by atoms with Crippen LogP contribution in [0.4, 0.5) is 0 Å². The van der Waals surface area contributed by atoms with E-state index in [0.29, 0.717) is 38.4 Å². The summed E-state index contributed by atoms with van der Waals surface area (Å²) in [6, 6.07) is 9.74. The molecule has 0 N–H and O–H groups in total. The van der Waals surface area contributed by atoms with Crippen molar-refractivity contribution in [3.8, 4) is 17.2 Å². The molecule has 0 aliphatic heterocycles. The number of para-hydroxylation sites is 1. The van der Waals surface area contributed by atoms with Gasteiger partial charge in [-0.3, -0.25) is 19.0 Å². The molecule has 10 nitrogen and oxygen atoms in total. The average molecular weight is 590 g/mol. The molecule has 3 aromatic rings. The first kappa shape index (κ1) is 29.1. The van der Waals surface area contributed by atoms with Gasteiger partial charge in [0.25, 0.3) is 5.56 Å². The van der Waals surface area contributed by atoms with Gasteiger partial charge in [-0.1, -0.05) is 12.1 Å². The molecule has 38 heavy (non-hydrogen) atoms. The highest BCUT2D eigenvalue weighted by Gasteiger charge is 2.28. The summed E-state index contributed by atoms with van der Waals surface area (Å²) >= 11 is 3.57. The lowest BCUT2D eigenvalue weighted by atomic mass is 10.1. The number of ether oxygens (including phenoxy) is 4. The van der Waals surface area contributed by atoms with Gasteiger partial charge in [0.15, 0.2) is 0 Å². The molecule has 1 atom stereocenters. The molecule has 0 saturated carbocycles. The van der Waals surface area contributed by atoms with E-state index in [0.717, 1.165) is 0 Å². The Hall–Kier alpha value is -3.44.